The molecule has 0 aromatic heterocycles. The molecular weight excluding hydrogens is 300 g/mol. The number of nitrogens with zero attached hydrogens (tertiary/aromatic N) is 2. The van der Waals surface area contributed by atoms with Gasteiger partial charge in [0, 0.05) is 31.2 Å². The van der Waals surface area contributed by atoms with E-state index < -0.39 is 10.0 Å². The van der Waals surface area contributed by atoms with E-state index in [0.717, 1.165) is 17.1 Å². The van der Waals surface area contributed by atoms with Crippen LogP contribution in [0.5, 0.6) is 0 Å². The molecule has 2 heterocycles. The van der Waals surface area contributed by atoms with Crippen LogP contribution in [0.3, 0.4) is 0 Å². The van der Waals surface area contributed by atoms with Gasteiger partial charge in [-0.15, -0.1) is 0 Å². The monoisotopic (exact) mass is 322 g/mol. The fraction of sp³-hybridized carbons (Fsp3) is 0.562. The van der Waals surface area contributed by atoms with Gasteiger partial charge in [0.1, 0.15) is 0 Å². The number of para-hydroxylation sites is 1. The molecule has 0 radical (unpaired) electrons. The smallest absolute Gasteiger partial charge is 0.237 e. The number of hydrogen-bond acceptors (Lipinski definition) is 4. The summed E-state index contributed by atoms with van der Waals surface area (Å²) in [5.74, 6) is -0.172. The van der Waals surface area contributed by atoms with Crippen molar-refractivity contribution in [2.45, 2.75) is 38.6 Å². The molecule has 3 rings (SSSR count). The Hall–Kier alpha value is -1.56. The molecule has 1 amide bonds. The lowest BCUT2D eigenvalue weighted by Gasteiger charge is -2.37. The molecule has 0 aliphatic carbocycles. The number of benzene rings is 1. The van der Waals surface area contributed by atoms with Gasteiger partial charge < -0.3 is 4.90 Å². The highest BCUT2D eigenvalue weighted by Gasteiger charge is 2.33. The maximum absolute atomic E-state index is 12.2. The lowest BCUT2D eigenvalue weighted by molar-refractivity contribution is -0.126. The van der Waals surface area contributed by atoms with Gasteiger partial charge >= 0.3 is 0 Å². The Morgan fingerprint density at radius 1 is 1.32 bits per heavy atom. The summed E-state index contributed by atoms with van der Waals surface area (Å²) in [7, 11) is -3.35. The highest BCUT2D eigenvalue weighted by Crippen LogP contribution is 2.30. The van der Waals surface area contributed by atoms with Crippen LogP contribution in [0.2, 0.25) is 0 Å². The summed E-state index contributed by atoms with van der Waals surface area (Å²) in [5, 5.41) is 0. The first-order chi connectivity index (χ1) is 10.5. The zero-order valence-electron chi connectivity index (χ0n) is 12.9. The number of aryl methyl sites for hydroxylation is 1. The third-order valence-electron chi connectivity index (χ3n) is 4.61. The fourth-order valence-electron chi connectivity index (χ4n) is 3.36. The Kier molecular flexibility index (Phi) is 4.12. The third-order valence-corrected chi connectivity index (χ3v) is 6.47. The van der Waals surface area contributed by atoms with E-state index in [9.17, 15) is 13.2 Å². The second-order valence-electron chi connectivity index (χ2n) is 6.10. The number of amides is 1. The maximum Gasteiger partial charge on any atom is 0.237 e. The average molecular weight is 322 g/mol. The summed E-state index contributed by atoms with van der Waals surface area (Å²) in [5.41, 5.74) is 2.49. The van der Waals surface area contributed by atoms with Gasteiger partial charge in [-0.2, -0.15) is 0 Å². The second kappa shape index (κ2) is 5.91. The van der Waals surface area contributed by atoms with E-state index >= 15 is 0 Å². The fourth-order valence-corrected chi connectivity index (χ4v) is 4.88. The van der Waals surface area contributed by atoms with Crippen LogP contribution in [0.15, 0.2) is 24.3 Å². The van der Waals surface area contributed by atoms with Crippen molar-refractivity contribution in [3.63, 3.8) is 0 Å². The minimum Gasteiger partial charge on any atom is -0.368 e. The van der Waals surface area contributed by atoms with Crippen molar-refractivity contribution in [1.29, 1.82) is 0 Å². The lowest BCUT2D eigenvalue weighted by atomic mass is 9.96. The summed E-state index contributed by atoms with van der Waals surface area (Å²) < 4.78 is 24.7. The van der Waals surface area contributed by atoms with Crippen LogP contribution in [0.4, 0.5) is 5.69 Å². The molecule has 1 atom stereocenters. The molecule has 1 saturated heterocycles. The molecule has 22 heavy (non-hydrogen) atoms. The summed E-state index contributed by atoms with van der Waals surface area (Å²) in [4.78, 5) is 14.5. The summed E-state index contributed by atoms with van der Waals surface area (Å²) in [6.07, 6.45) is 2.92. The van der Waals surface area contributed by atoms with Crippen molar-refractivity contribution in [1.82, 2.24) is 4.31 Å². The Morgan fingerprint density at radius 3 is 2.82 bits per heavy atom. The molecule has 1 fully saturated rings. The number of rotatable bonds is 3. The van der Waals surface area contributed by atoms with Crippen molar-refractivity contribution >= 4 is 21.6 Å². The molecule has 1 aromatic rings. The highest BCUT2D eigenvalue weighted by molar-refractivity contribution is 7.89. The molecule has 0 saturated carbocycles. The van der Waals surface area contributed by atoms with Crippen LogP contribution in [0.25, 0.3) is 0 Å². The summed E-state index contributed by atoms with van der Waals surface area (Å²) in [6.45, 7) is 3.07. The minimum absolute atomic E-state index is 0.0989. The van der Waals surface area contributed by atoms with E-state index in [4.69, 9.17) is 0 Å². The van der Waals surface area contributed by atoms with Gasteiger partial charge in [-0.05, 0) is 37.8 Å². The SMILES string of the molecule is C[C@H]1CCc2ccccc2N1CCC(=O)N1CCCS1(=O)=O. The maximum atomic E-state index is 12.2. The number of hydrogen-bond donors (Lipinski definition) is 0. The Balaban J connectivity index is 1.70. The van der Waals surface area contributed by atoms with Gasteiger partial charge in [0.05, 0.1) is 5.75 Å². The molecule has 0 bridgehead atoms. The van der Waals surface area contributed by atoms with Gasteiger partial charge in [-0.3, -0.25) is 4.79 Å². The van der Waals surface area contributed by atoms with Crippen molar-refractivity contribution in [2.24, 2.45) is 0 Å². The number of carbonyl (C=O) groups excluding carboxylic acids is 1. The molecule has 5 nitrogen and oxygen atoms in total. The normalized spacial score (nSPS) is 23.4. The molecule has 6 heteroatoms. The second-order valence-corrected chi connectivity index (χ2v) is 8.11. The highest BCUT2D eigenvalue weighted by atomic mass is 32.2. The molecular formula is C16H22N2O3S. The van der Waals surface area contributed by atoms with E-state index in [1.165, 1.54) is 11.3 Å². The standard InChI is InChI=1S/C16H22N2O3S/c1-13-7-8-14-5-2-3-6-15(14)17(13)11-9-16(19)18-10-4-12-22(18,20)21/h2-3,5-6,13H,4,7-12H2,1H3/t13-/m0/s1. The Morgan fingerprint density at radius 2 is 2.09 bits per heavy atom. The van der Waals surface area contributed by atoms with E-state index in [1.807, 2.05) is 12.1 Å². The van der Waals surface area contributed by atoms with Crippen LogP contribution in [-0.4, -0.2) is 43.5 Å². The van der Waals surface area contributed by atoms with Gasteiger partial charge in [0.15, 0.2) is 0 Å². The predicted molar refractivity (Wildman–Crippen MR) is 86.3 cm³/mol. The van der Waals surface area contributed by atoms with Crippen LogP contribution in [0.1, 0.15) is 31.7 Å². The third kappa shape index (κ3) is 2.84. The van der Waals surface area contributed by atoms with Crippen LogP contribution < -0.4 is 4.90 Å². The van der Waals surface area contributed by atoms with Gasteiger partial charge in [0.25, 0.3) is 0 Å². The molecule has 0 N–H and O–H groups in total. The quantitative estimate of drug-likeness (QED) is 0.851. The number of sulfonamides is 1. The largest absolute Gasteiger partial charge is 0.368 e. The van der Waals surface area contributed by atoms with E-state index in [1.54, 1.807) is 0 Å². The molecule has 0 spiro atoms. The van der Waals surface area contributed by atoms with E-state index in [0.29, 0.717) is 25.6 Å². The number of fused-ring (bicyclic) bond motifs is 1. The van der Waals surface area contributed by atoms with Crippen LogP contribution >= 0.6 is 0 Å². The van der Waals surface area contributed by atoms with E-state index in [-0.39, 0.29) is 18.1 Å². The molecule has 2 aliphatic heterocycles. The first kappa shape index (κ1) is 15.3. The molecule has 2 aliphatic rings. The first-order valence-corrected chi connectivity index (χ1v) is 9.48. The zero-order chi connectivity index (χ0) is 15.7. The average Bonchev–Trinajstić information content (AvgIpc) is 2.85. The number of anilines is 1. The van der Waals surface area contributed by atoms with Gasteiger partial charge in [0.2, 0.25) is 15.9 Å². The Labute approximate surface area is 132 Å². The van der Waals surface area contributed by atoms with Crippen molar-refractivity contribution in [3.05, 3.63) is 29.8 Å². The summed E-state index contributed by atoms with van der Waals surface area (Å²) in [6, 6.07) is 8.63. The van der Waals surface area contributed by atoms with Crippen molar-refractivity contribution in [2.75, 3.05) is 23.7 Å². The van der Waals surface area contributed by atoms with Crippen LogP contribution in [0, 0.1) is 0 Å². The van der Waals surface area contributed by atoms with Crippen LogP contribution in [-0.2, 0) is 21.2 Å². The zero-order valence-corrected chi connectivity index (χ0v) is 13.7. The lowest BCUT2D eigenvalue weighted by Crippen LogP contribution is -2.41. The molecule has 120 valence electrons. The van der Waals surface area contributed by atoms with E-state index in [2.05, 4.69) is 24.0 Å². The van der Waals surface area contributed by atoms with Gasteiger partial charge in [-0.1, -0.05) is 18.2 Å². The first-order valence-electron chi connectivity index (χ1n) is 7.87. The Bertz CT molecular complexity index is 672. The predicted octanol–water partition coefficient (Wildman–Crippen LogP) is 1.78. The molecule has 1 aromatic carbocycles. The van der Waals surface area contributed by atoms with Crippen molar-refractivity contribution < 1.29 is 13.2 Å². The summed E-state index contributed by atoms with van der Waals surface area (Å²) >= 11 is 0. The van der Waals surface area contributed by atoms with Crippen molar-refractivity contribution in [3.8, 4) is 0 Å². The molecule has 0 unspecified atom stereocenters. The minimum atomic E-state index is -3.35. The van der Waals surface area contributed by atoms with Gasteiger partial charge in [-0.25, -0.2) is 12.7 Å². The topological polar surface area (TPSA) is 57.7 Å². The number of carbonyl (C=O) groups is 1.